The first-order valence-corrected chi connectivity index (χ1v) is 10.4. The summed E-state index contributed by atoms with van der Waals surface area (Å²) in [4.78, 5) is 28.1. The van der Waals surface area contributed by atoms with Crippen molar-refractivity contribution in [1.82, 2.24) is 25.3 Å². The molecule has 0 aromatic carbocycles. The average Bonchev–Trinajstić information content (AvgIpc) is 3.28. The number of piperazine rings is 1. The maximum Gasteiger partial charge on any atom is 0.490 e. The van der Waals surface area contributed by atoms with Crippen LogP contribution in [-0.2, 0) is 17.9 Å². The first kappa shape index (κ1) is 24.8. The van der Waals surface area contributed by atoms with Gasteiger partial charge in [0.25, 0.3) is 5.91 Å². The maximum absolute atomic E-state index is 12.4. The van der Waals surface area contributed by atoms with Gasteiger partial charge in [0.1, 0.15) is 0 Å². The molecule has 0 unspecified atom stereocenters. The van der Waals surface area contributed by atoms with Crippen molar-refractivity contribution in [3.05, 3.63) is 38.8 Å². The van der Waals surface area contributed by atoms with E-state index in [0.29, 0.717) is 6.54 Å². The van der Waals surface area contributed by atoms with Crippen molar-refractivity contribution >= 4 is 23.2 Å². The van der Waals surface area contributed by atoms with Gasteiger partial charge in [-0.1, -0.05) is 0 Å². The van der Waals surface area contributed by atoms with Crippen molar-refractivity contribution in [2.45, 2.75) is 33.1 Å². The summed E-state index contributed by atoms with van der Waals surface area (Å²) in [6, 6.07) is 4.01. The van der Waals surface area contributed by atoms with Gasteiger partial charge in [-0.2, -0.15) is 18.3 Å². The molecule has 3 rings (SSSR count). The lowest BCUT2D eigenvalue weighted by molar-refractivity contribution is -0.192. The van der Waals surface area contributed by atoms with E-state index in [1.807, 2.05) is 19.9 Å². The van der Waals surface area contributed by atoms with Gasteiger partial charge in [0, 0.05) is 55.4 Å². The van der Waals surface area contributed by atoms with E-state index in [-0.39, 0.29) is 5.91 Å². The molecule has 3 N–H and O–H groups in total. The molecule has 2 aromatic rings. The van der Waals surface area contributed by atoms with Crippen molar-refractivity contribution in [2.24, 2.45) is 0 Å². The van der Waals surface area contributed by atoms with Gasteiger partial charge in [-0.3, -0.25) is 14.8 Å². The second-order valence-corrected chi connectivity index (χ2v) is 8.41. The molecule has 0 spiro atoms. The van der Waals surface area contributed by atoms with Crippen LogP contribution in [0.3, 0.4) is 0 Å². The Kier molecular flexibility index (Phi) is 8.60. The van der Waals surface area contributed by atoms with Gasteiger partial charge in [0.15, 0.2) is 0 Å². The number of carboxylic acid groups (broad SMARTS) is 1. The summed E-state index contributed by atoms with van der Waals surface area (Å²) in [7, 11) is 2.16. The molecule has 1 aliphatic heterocycles. The standard InChI is InChI=1S/C17H25N5OS.C2HF3O2/c1-12-15(13(2)20-19-12)10-18-17(23)16-5-4-14(24-16)11-22-8-6-21(3)7-9-22;3-2(4,5)1(6)7/h4-5H,6-11H2,1-3H3,(H,18,23)(H,19,20);(H,6,7). The van der Waals surface area contributed by atoms with Crippen LogP contribution in [0, 0.1) is 13.8 Å². The van der Waals surface area contributed by atoms with Crippen molar-refractivity contribution in [1.29, 1.82) is 0 Å². The summed E-state index contributed by atoms with van der Waals surface area (Å²) in [5.74, 6) is -2.77. The van der Waals surface area contributed by atoms with E-state index >= 15 is 0 Å². The third kappa shape index (κ3) is 7.64. The number of nitrogens with zero attached hydrogens (tertiary/aromatic N) is 3. The lowest BCUT2D eigenvalue weighted by Gasteiger charge is -2.31. The minimum absolute atomic E-state index is 0.00960. The van der Waals surface area contributed by atoms with Crippen LogP contribution in [0.15, 0.2) is 12.1 Å². The van der Waals surface area contributed by atoms with Crippen LogP contribution >= 0.6 is 11.3 Å². The van der Waals surface area contributed by atoms with Crippen LogP contribution < -0.4 is 5.32 Å². The SMILES string of the molecule is Cc1n[nH]c(C)c1CNC(=O)c1ccc(CN2CCN(C)CC2)s1.O=C(O)C(F)(F)F. The monoisotopic (exact) mass is 461 g/mol. The Morgan fingerprint density at radius 2 is 1.84 bits per heavy atom. The van der Waals surface area contributed by atoms with E-state index in [2.05, 4.69) is 38.4 Å². The Hall–Kier alpha value is -2.44. The number of alkyl halides is 3. The number of carbonyl (C=O) groups excluding carboxylic acids is 1. The quantitative estimate of drug-likeness (QED) is 0.632. The third-order valence-electron chi connectivity index (χ3n) is 4.81. The average molecular weight is 462 g/mol. The minimum atomic E-state index is -5.08. The molecule has 8 nitrogen and oxygen atoms in total. The molecule has 2 aromatic heterocycles. The van der Waals surface area contributed by atoms with Gasteiger partial charge >= 0.3 is 12.1 Å². The van der Waals surface area contributed by atoms with Crippen LogP contribution in [0.4, 0.5) is 13.2 Å². The molecular weight excluding hydrogens is 435 g/mol. The van der Waals surface area contributed by atoms with E-state index in [4.69, 9.17) is 9.90 Å². The van der Waals surface area contributed by atoms with Crippen LogP contribution in [0.1, 0.15) is 31.5 Å². The van der Waals surface area contributed by atoms with Gasteiger partial charge in [-0.25, -0.2) is 4.79 Å². The van der Waals surface area contributed by atoms with Crippen LogP contribution in [0.25, 0.3) is 0 Å². The van der Waals surface area contributed by atoms with Gasteiger partial charge in [0.05, 0.1) is 10.6 Å². The smallest absolute Gasteiger partial charge is 0.475 e. The van der Waals surface area contributed by atoms with Crippen molar-refractivity contribution in [3.8, 4) is 0 Å². The summed E-state index contributed by atoms with van der Waals surface area (Å²) in [5.41, 5.74) is 3.02. The van der Waals surface area contributed by atoms with E-state index in [0.717, 1.165) is 54.6 Å². The fourth-order valence-corrected chi connectivity index (χ4v) is 3.87. The van der Waals surface area contributed by atoms with E-state index in [1.54, 1.807) is 11.3 Å². The number of hydrogen-bond acceptors (Lipinski definition) is 6. The molecule has 0 saturated carbocycles. The van der Waals surface area contributed by atoms with Gasteiger partial charge in [-0.15, -0.1) is 11.3 Å². The molecule has 1 aliphatic rings. The number of carboxylic acids is 1. The molecule has 31 heavy (non-hydrogen) atoms. The summed E-state index contributed by atoms with van der Waals surface area (Å²) < 4.78 is 31.7. The number of carbonyl (C=O) groups is 2. The Balaban J connectivity index is 0.000000423. The van der Waals surface area contributed by atoms with Crippen molar-refractivity contribution in [3.63, 3.8) is 0 Å². The lowest BCUT2D eigenvalue weighted by atomic mass is 10.2. The highest BCUT2D eigenvalue weighted by Gasteiger charge is 2.38. The number of amides is 1. The number of aromatic amines is 1. The summed E-state index contributed by atoms with van der Waals surface area (Å²) in [6.45, 7) is 9.78. The molecule has 0 radical (unpaired) electrons. The van der Waals surface area contributed by atoms with Gasteiger partial charge in [-0.05, 0) is 33.0 Å². The van der Waals surface area contributed by atoms with Gasteiger partial charge in [0.2, 0.25) is 0 Å². The molecular formula is C19H26F3N5O3S. The summed E-state index contributed by atoms with van der Waals surface area (Å²) in [6.07, 6.45) is -5.08. The number of aryl methyl sites for hydroxylation is 2. The lowest BCUT2D eigenvalue weighted by Crippen LogP contribution is -2.43. The van der Waals surface area contributed by atoms with Crippen LogP contribution in [0.5, 0.6) is 0 Å². The maximum atomic E-state index is 12.4. The molecule has 0 atom stereocenters. The van der Waals surface area contributed by atoms with E-state index < -0.39 is 12.1 Å². The van der Waals surface area contributed by atoms with Crippen LogP contribution in [0.2, 0.25) is 0 Å². The predicted molar refractivity (Wildman–Crippen MR) is 110 cm³/mol. The summed E-state index contributed by atoms with van der Waals surface area (Å²) >= 11 is 1.59. The molecule has 12 heteroatoms. The zero-order valence-electron chi connectivity index (χ0n) is 17.5. The normalized spacial score (nSPS) is 15.3. The zero-order chi connectivity index (χ0) is 23.2. The zero-order valence-corrected chi connectivity index (χ0v) is 18.4. The topological polar surface area (TPSA) is 102 Å². The van der Waals surface area contributed by atoms with Crippen molar-refractivity contribution < 1.29 is 27.9 Å². The number of halogens is 3. The molecule has 0 aliphatic carbocycles. The number of nitrogens with one attached hydrogen (secondary N) is 2. The number of aromatic nitrogens is 2. The fraction of sp³-hybridized carbons (Fsp3) is 0.526. The molecule has 0 bridgehead atoms. The first-order chi connectivity index (χ1) is 14.5. The predicted octanol–water partition coefficient (Wildman–Crippen LogP) is 2.40. The largest absolute Gasteiger partial charge is 0.490 e. The number of rotatable bonds is 5. The minimum Gasteiger partial charge on any atom is -0.475 e. The van der Waals surface area contributed by atoms with E-state index in [1.165, 1.54) is 4.88 Å². The number of thiophene rings is 1. The van der Waals surface area contributed by atoms with Gasteiger partial charge < -0.3 is 15.3 Å². The second kappa shape index (κ2) is 10.7. The molecule has 172 valence electrons. The van der Waals surface area contributed by atoms with E-state index in [9.17, 15) is 18.0 Å². The third-order valence-corrected chi connectivity index (χ3v) is 5.88. The number of H-pyrrole nitrogens is 1. The first-order valence-electron chi connectivity index (χ1n) is 9.55. The Bertz CT molecular complexity index is 869. The highest BCUT2D eigenvalue weighted by atomic mass is 32.1. The Labute approximate surface area is 182 Å². The summed E-state index contributed by atoms with van der Waals surface area (Å²) in [5, 5.41) is 17.2. The molecule has 1 fully saturated rings. The highest BCUT2D eigenvalue weighted by Crippen LogP contribution is 2.19. The number of aliphatic carboxylic acids is 1. The molecule has 3 heterocycles. The fourth-order valence-electron chi connectivity index (χ4n) is 2.90. The number of likely N-dealkylation sites (N-methyl/N-ethyl adjacent to an activating group) is 1. The molecule has 1 saturated heterocycles. The molecule has 1 amide bonds. The van der Waals surface area contributed by atoms with Crippen LogP contribution in [-0.4, -0.2) is 76.4 Å². The number of hydrogen-bond donors (Lipinski definition) is 3. The van der Waals surface area contributed by atoms with Crippen molar-refractivity contribution in [2.75, 3.05) is 33.2 Å². The highest BCUT2D eigenvalue weighted by molar-refractivity contribution is 7.14. The second-order valence-electron chi connectivity index (χ2n) is 7.24. The Morgan fingerprint density at radius 3 is 2.35 bits per heavy atom. The Morgan fingerprint density at radius 1 is 1.23 bits per heavy atom.